The maximum absolute atomic E-state index is 13.3. The van der Waals surface area contributed by atoms with E-state index in [9.17, 15) is 13.2 Å². The number of hydrogen-bond acceptors (Lipinski definition) is 5. The van der Waals surface area contributed by atoms with E-state index in [0.717, 1.165) is 55.8 Å². The number of hydrogen-bond donors (Lipinski definition) is 0. The van der Waals surface area contributed by atoms with Crippen molar-refractivity contribution in [2.75, 3.05) is 37.6 Å². The van der Waals surface area contributed by atoms with Crippen molar-refractivity contribution in [1.82, 2.24) is 9.21 Å². The van der Waals surface area contributed by atoms with E-state index < -0.39 is 10.0 Å². The number of amides is 1. The molecule has 168 valence electrons. The fourth-order valence-corrected chi connectivity index (χ4v) is 7.30. The lowest BCUT2D eigenvalue weighted by Gasteiger charge is -2.40. The number of likely N-dealkylation sites (tertiary alicyclic amines) is 1. The molecule has 1 aromatic carbocycles. The first kappa shape index (κ1) is 22.3. The van der Waals surface area contributed by atoms with E-state index in [1.807, 2.05) is 11.0 Å². The predicted molar refractivity (Wildman–Crippen MR) is 125 cm³/mol. The van der Waals surface area contributed by atoms with Gasteiger partial charge < -0.3 is 9.80 Å². The monoisotopic (exact) mass is 461 g/mol. The molecule has 4 rings (SSSR count). The van der Waals surface area contributed by atoms with Gasteiger partial charge >= 0.3 is 0 Å². The maximum Gasteiger partial charge on any atom is 0.254 e. The second kappa shape index (κ2) is 9.30. The first-order valence-electron chi connectivity index (χ1n) is 11.1. The molecule has 1 atom stereocenters. The molecule has 2 saturated heterocycles. The Bertz CT molecular complexity index is 1030. The van der Waals surface area contributed by atoms with Crippen molar-refractivity contribution in [2.24, 2.45) is 0 Å². The molecule has 2 aromatic rings. The van der Waals surface area contributed by atoms with Crippen LogP contribution in [0.4, 0.5) is 5.69 Å². The first-order valence-corrected chi connectivity index (χ1v) is 13.4. The molecule has 2 fully saturated rings. The van der Waals surface area contributed by atoms with E-state index in [2.05, 4.69) is 36.9 Å². The SMILES string of the molecule is Cc1cccc(N2CCN(S(=O)(=O)c3cc(C(=O)N4CCCCCC4)cs3)C[C@H]2C)c1. The average molecular weight is 462 g/mol. The number of thiophene rings is 1. The van der Waals surface area contributed by atoms with Crippen LogP contribution >= 0.6 is 11.3 Å². The van der Waals surface area contributed by atoms with Crippen LogP contribution in [0.3, 0.4) is 0 Å². The third-order valence-corrected chi connectivity index (χ3v) is 9.51. The molecule has 3 heterocycles. The predicted octanol–water partition coefficient (Wildman–Crippen LogP) is 3.97. The molecule has 0 unspecified atom stereocenters. The fourth-order valence-electron chi connectivity index (χ4n) is 4.48. The van der Waals surface area contributed by atoms with Gasteiger partial charge in [-0.2, -0.15) is 4.31 Å². The second-order valence-electron chi connectivity index (χ2n) is 8.61. The van der Waals surface area contributed by atoms with E-state index in [1.165, 1.54) is 5.56 Å². The summed E-state index contributed by atoms with van der Waals surface area (Å²) in [6, 6.07) is 9.97. The van der Waals surface area contributed by atoms with Gasteiger partial charge in [0.25, 0.3) is 15.9 Å². The highest BCUT2D eigenvalue weighted by Gasteiger charge is 2.34. The quantitative estimate of drug-likeness (QED) is 0.691. The van der Waals surface area contributed by atoms with Gasteiger partial charge in [-0.1, -0.05) is 25.0 Å². The highest BCUT2D eigenvalue weighted by atomic mass is 32.2. The van der Waals surface area contributed by atoms with Crippen LogP contribution in [-0.4, -0.2) is 62.3 Å². The summed E-state index contributed by atoms with van der Waals surface area (Å²) in [6.07, 6.45) is 4.34. The average Bonchev–Trinajstić information content (AvgIpc) is 3.10. The largest absolute Gasteiger partial charge is 0.366 e. The van der Waals surface area contributed by atoms with E-state index in [1.54, 1.807) is 15.8 Å². The van der Waals surface area contributed by atoms with Crippen molar-refractivity contribution in [3.63, 3.8) is 0 Å². The molecule has 0 saturated carbocycles. The Morgan fingerprint density at radius 3 is 2.45 bits per heavy atom. The zero-order valence-electron chi connectivity index (χ0n) is 18.3. The minimum atomic E-state index is -3.60. The van der Waals surface area contributed by atoms with Gasteiger partial charge in [0.1, 0.15) is 4.21 Å². The summed E-state index contributed by atoms with van der Waals surface area (Å²) >= 11 is 1.16. The van der Waals surface area contributed by atoms with Crippen molar-refractivity contribution in [3.05, 3.63) is 46.8 Å². The zero-order valence-corrected chi connectivity index (χ0v) is 19.9. The number of carbonyl (C=O) groups excluding carboxylic acids is 1. The number of rotatable bonds is 4. The molecule has 6 nitrogen and oxygen atoms in total. The molecule has 0 N–H and O–H groups in total. The van der Waals surface area contributed by atoms with Crippen LogP contribution in [-0.2, 0) is 10.0 Å². The van der Waals surface area contributed by atoms with E-state index >= 15 is 0 Å². The number of anilines is 1. The van der Waals surface area contributed by atoms with Crippen LogP contribution in [0, 0.1) is 6.92 Å². The molecule has 0 bridgehead atoms. The molecule has 0 spiro atoms. The molecule has 0 aliphatic carbocycles. The summed E-state index contributed by atoms with van der Waals surface area (Å²) in [7, 11) is -3.60. The highest BCUT2D eigenvalue weighted by molar-refractivity contribution is 7.91. The van der Waals surface area contributed by atoms with Gasteiger partial charge in [-0.3, -0.25) is 4.79 Å². The fraction of sp³-hybridized carbons (Fsp3) is 0.522. The van der Waals surface area contributed by atoms with Crippen molar-refractivity contribution in [2.45, 2.75) is 49.8 Å². The van der Waals surface area contributed by atoms with Gasteiger partial charge in [0.15, 0.2) is 0 Å². The molecule has 0 radical (unpaired) electrons. The number of carbonyl (C=O) groups is 1. The Morgan fingerprint density at radius 2 is 1.77 bits per heavy atom. The van der Waals surface area contributed by atoms with E-state index in [-0.39, 0.29) is 16.2 Å². The third-order valence-electron chi connectivity index (χ3n) is 6.23. The molecule has 8 heteroatoms. The van der Waals surface area contributed by atoms with Gasteiger partial charge in [-0.05, 0) is 50.5 Å². The van der Waals surface area contributed by atoms with Gasteiger partial charge in [0.05, 0.1) is 5.56 Å². The Kier molecular flexibility index (Phi) is 6.69. The summed E-state index contributed by atoms with van der Waals surface area (Å²) in [4.78, 5) is 17.0. The van der Waals surface area contributed by atoms with Crippen LogP contribution in [0.1, 0.15) is 48.5 Å². The van der Waals surface area contributed by atoms with E-state index in [0.29, 0.717) is 25.2 Å². The van der Waals surface area contributed by atoms with Crippen molar-refractivity contribution in [3.8, 4) is 0 Å². The van der Waals surface area contributed by atoms with Crippen molar-refractivity contribution in [1.29, 1.82) is 0 Å². The Hall–Kier alpha value is -1.90. The number of piperazine rings is 1. The Labute approximate surface area is 189 Å². The van der Waals surface area contributed by atoms with Gasteiger partial charge in [0.2, 0.25) is 0 Å². The Balaban J connectivity index is 1.46. The summed E-state index contributed by atoms with van der Waals surface area (Å²) in [5.41, 5.74) is 2.82. The number of sulfonamides is 1. The summed E-state index contributed by atoms with van der Waals surface area (Å²) < 4.78 is 28.4. The molecule has 31 heavy (non-hydrogen) atoms. The molecule has 1 amide bonds. The van der Waals surface area contributed by atoms with Crippen molar-refractivity contribution < 1.29 is 13.2 Å². The van der Waals surface area contributed by atoms with Crippen LogP contribution in [0.2, 0.25) is 0 Å². The van der Waals surface area contributed by atoms with Crippen LogP contribution in [0.15, 0.2) is 39.9 Å². The zero-order chi connectivity index (χ0) is 22.0. The molecule has 2 aliphatic rings. The minimum absolute atomic E-state index is 0.0442. The summed E-state index contributed by atoms with van der Waals surface area (Å²) in [6.45, 7) is 7.17. The summed E-state index contributed by atoms with van der Waals surface area (Å²) in [5.74, 6) is -0.0442. The normalized spacial score (nSPS) is 21.2. The van der Waals surface area contributed by atoms with Crippen molar-refractivity contribution >= 4 is 33.0 Å². The Morgan fingerprint density at radius 1 is 1.03 bits per heavy atom. The standard InChI is InChI=1S/C23H31N3O3S2/c1-18-8-7-9-21(14-18)26-13-12-25(16-19(26)2)31(28,29)22-15-20(17-30-22)23(27)24-10-5-3-4-6-11-24/h7-9,14-15,17,19H,3-6,10-13,16H2,1-2H3/t19-/m1/s1. The molecular weight excluding hydrogens is 430 g/mol. The maximum atomic E-state index is 13.3. The molecule has 1 aromatic heterocycles. The van der Waals surface area contributed by atoms with Gasteiger partial charge in [0, 0.05) is 49.8 Å². The third kappa shape index (κ3) is 4.81. The lowest BCUT2D eigenvalue weighted by Crippen LogP contribution is -2.53. The lowest BCUT2D eigenvalue weighted by molar-refractivity contribution is 0.0762. The lowest BCUT2D eigenvalue weighted by atomic mass is 10.1. The number of nitrogens with zero attached hydrogens (tertiary/aromatic N) is 3. The number of aryl methyl sites for hydroxylation is 1. The first-order chi connectivity index (χ1) is 14.9. The molecule has 2 aliphatic heterocycles. The van der Waals surface area contributed by atoms with Crippen LogP contribution in [0.5, 0.6) is 0 Å². The summed E-state index contributed by atoms with van der Waals surface area (Å²) in [5, 5.41) is 1.70. The topological polar surface area (TPSA) is 60.9 Å². The van der Waals surface area contributed by atoms with Crippen LogP contribution < -0.4 is 4.90 Å². The van der Waals surface area contributed by atoms with Gasteiger partial charge in [-0.25, -0.2) is 8.42 Å². The highest BCUT2D eigenvalue weighted by Crippen LogP contribution is 2.29. The minimum Gasteiger partial charge on any atom is -0.366 e. The smallest absolute Gasteiger partial charge is 0.254 e. The van der Waals surface area contributed by atoms with Crippen LogP contribution in [0.25, 0.3) is 0 Å². The second-order valence-corrected chi connectivity index (χ2v) is 11.7. The molecular formula is C23H31N3O3S2. The number of benzene rings is 1. The van der Waals surface area contributed by atoms with Gasteiger partial charge in [-0.15, -0.1) is 11.3 Å². The van der Waals surface area contributed by atoms with E-state index in [4.69, 9.17) is 0 Å².